The van der Waals surface area contributed by atoms with Gasteiger partial charge in [-0.25, -0.2) is 0 Å². The average Bonchev–Trinajstić information content (AvgIpc) is 3.41. The molecule has 1 atom stereocenters. The first-order valence-corrected chi connectivity index (χ1v) is 10.8. The molecule has 1 saturated heterocycles. The topological polar surface area (TPSA) is 101 Å². The number of nitrogens with one attached hydrogen (secondary N) is 2. The quantitative estimate of drug-likeness (QED) is 0.566. The number of furan rings is 1. The maximum Gasteiger partial charge on any atom is 0.290 e. The van der Waals surface area contributed by atoms with E-state index < -0.39 is 17.9 Å². The van der Waals surface area contributed by atoms with Crippen LogP contribution in [0, 0.1) is 0 Å². The minimum absolute atomic E-state index is 0.184. The van der Waals surface area contributed by atoms with E-state index in [9.17, 15) is 14.4 Å². The molecule has 2 aromatic carbocycles. The molecule has 2 heterocycles. The Labute approximate surface area is 191 Å². The van der Waals surface area contributed by atoms with Crippen LogP contribution < -0.4 is 15.6 Å². The molecule has 4 rings (SSSR count). The van der Waals surface area contributed by atoms with Crippen molar-refractivity contribution in [3.8, 4) is 16.9 Å². The molecule has 2 N–H and O–H groups in total. The fraction of sp³-hybridized carbons (Fsp3) is 0.240. The summed E-state index contributed by atoms with van der Waals surface area (Å²) in [5.74, 6) is -0.553. The number of hydrogen-bond donors (Lipinski definition) is 2. The normalized spacial score (nSPS) is 15.5. The van der Waals surface area contributed by atoms with Crippen LogP contribution in [0.4, 0.5) is 0 Å². The van der Waals surface area contributed by atoms with E-state index in [1.54, 1.807) is 18.2 Å². The maximum atomic E-state index is 12.7. The van der Waals surface area contributed by atoms with Crippen molar-refractivity contribution >= 4 is 17.7 Å². The number of carbonyl (C=O) groups excluding carboxylic acids is 3. The monoisotopic (exact) mass is 447 g/mol. The van der Waals surface area contributed by atoms with Crippen molar-refractivity contribution in [3.63, 3.8) is 0 Å². The van der Waals surface area contributed by atoms with Gasteiger partial charge in [-0.2, -0.15) is 0 Å². The smallest absolute Gasteiger partial charge is 0.290 e. The maximum absolute atomic E-state index is 12.7. The Morgan fingerprint density at radius 1 is 0.939 bits per heavy atom. The Kier molecular flexibility index (Phi) is 7.04. The molecule has 170 valence electrons. The average molecular weight is 447 g/mol. The summed E-state index contributed by atoms with van der Waals surface area (Å²) in [5.41, 5.74) is 6.64. The van der Waals surface area contributed by atoms with Gasteiger partial charge in [0.15, 0.2) is 12.4 Å². The highest BCUT2D eigenvalue weighted by molar-refractivity contribution is 5.96. The molecule has 33 heavy (non-hydrogen) atoms. The van der Waals surface area contributed by atoms with Gasteiger partial charge in [0.25, 0.3) is 17.7 Å². The summed E-state index contributed by atoms with van der Waals surface area (Å²) < 4.78 is 10.9. The van der Waals surface area contributed by atoms with Gasteiger partial charge in [-0.3, -0.25) is 25.2 Å². The number of rotatable bonds is 6. The number of piperidine rings is 1. The van der Waals surface area contributed by atoms with E-state index >= 15 is 0 Å². The lowest BCUT2D eigenvalue weighted by Gasteiger charge is -2.34. The second-order valence-electron chi connectivity index (χ2n) is 7.68. The molecule has 0 bridgehead atoms. The third kappa shape index (κ3) is 5.41. The van der Waals surface area contributed by atoms with Crippen LogP contribution in [-0.4, -0.2) is 41.8 Å². The standard InChI is InChI=1S/C25H25N3O5/c29-23(17-33-21-13-5-4-11-19(21)18-9-2-1-3-10-18)26-27-24(30)20-12-6-7-15-28(20)25(31)22-14-8-16-32-22/h1-5,8-11,13-14,16,20H,6-7,12,15,17H2,(H,26,29)(H,27,30). The molecule has 1 unspecified atom stereocenters. The minimum atomic E-state index is -0.684. The fourth-order valence-electron chi connectivity index (χ4n) is 3.83. The molecular weight excluding hydrogens is 422 g/mol. The molecular formula is C25H25N3O5. The number of hydrazine groups is 1. The van der Waals surface area contributed by atoms with Crippen LogP contribution in [-0.2, 0) is 9.59 Å². The van der Waals surface area contributed by atoms with Gasteiger partial charge >= 0.3 is 0 Å². The van der Waals surface area contributed by atoms with Crippen LogP contribution in [0.15, 0.2) is 77.4 Å². The summed E-state index contributed by atoms with van der Waals surface area (Å²) in [4.78, 5) is 39.2. The van der Waals surface area contributed by atoms with Crippen LogP contribution >= 0.6 is 0 Å². The van der Waals surface area contributed by atoms with Crippen molar-refractivity contribution in [1.82, 2.24) is 15.8 Å². The molecule has 3 aromatic rings. The molecule has 1 aromatic heterocycles. The van der Waals surface area contributed by atoms with Crippen LogP contribution in [0.1, 0.15) is 29.8 Å². The lowest BCUT2D eigenvalue weighted by Crippen LogP contribution is -2.56. The van der Waals surface area contributed by atoms with Gasteiger partial charge in [0.1, 0.15) is 11.8 Å². The Balaban J connectivity index is 1.32. The highest BCUT2D eigenvalue weighted by atomic mass is 16.5. The molecule has 0 aliphatic carbocycles. The van der Waals surface area contributed by atoms with Gasteiger partial charge in [0, 0.05) is 12.1 Å². The zero-order valence-corrected chi connectivity index (χ0v) is 18.0. The Morgan fingerprint density at radius 3 is 2.52 bits per heavy atom. The van der Waals surface area contributed by atoms with Gasteiger partial charge < -0.3 is 14.1 Å². The largest absolute Gasteiger partial charge is 0.483 e. The number of likely N-dealkylation sites (tertiary alicyclic amines) is 1. The summed E-state index contributed by atoms with van der Waals surface area (Å²) >= 11 is 0. The Bertz CT molecular complexity index is 1100. The van der Waals surface area contributed by atoms with Gasteiger partial charge in [-0.15, -0.1) is 0 Å². The SMILES string of the molecule is O=C(COc1ccccc1-c1ccccc1)NNC(=O)C1CCCCN1C(=O)c1ccco1. The number of carbonyl (C=O) groups is 3. The summed E-state index contributed by atoms with van der Waals surface area (Å²) in [7, 11) is 0. The van der Waals surface area contributed by atoms with Gasteiger partial charge in [-0.05, 0) is 43.0 Å². The van der Waals surface area contributed by atoms with Crippen LogP contribution in [0.5, 0.6) is 5.75 Å². The molecule has 3 amide bonds. The number of nitrogens with zero attached hydrogens (tertiary/aromatic N) is 1. The van der Waals surface area contributed by atoms with E-state index in [1.165, 1.54) is 11.2 Å². The molecule has 1 fully saturated rings. The molecule has 1 aliphatic rings. The van der Waals surface area contributed by atoms with Crippen LogP contribution in [0.25, 0.3) is 11.1 Å². The zero-order chi connectivity index (χ0) is 23.0. The summed E-state index contributed by atoms with van der Waals surface area (Å²) in [5, 5.41) is 0. The Morgan fingerprint density at radius 2 is 1.73 bits per heavy atom. The van der Waals surface area contributed by atoms with E-state index in [0.29, 0.717) is 18.7 Å². The molecule has 0 spiro atoms. The zero-order valence-electron chi connectivity index (χ0n) is 18.0. The van der Waals surface area contributed by atoms with Crippen molar-refractivity contribution in [2.24, 2.45) is 0 Å². The fourth-order valence-corrected chi connectivity index (χ4v) is 3.83. The number of ether oxygens (including phenoxy) is 1. The van der Waals surface area contributed by atoms with E-state index in [-0.39, 0.29) is 18.3 Å². The highest BCUT2D eigenvalue weighted by Crippen LogP contribution is 2.29. The molecule has 8 nitrogen and oxygen atoms in total. The van der Waals surface area contributed by atoms with Gasteiger partial charge in [0.2, 0.25) is 0 Å². The Hall–Kier alpha value is -4.07. The third-order valence-electron chi connectivity index (χ3n) is 5.45. The van der Waals surface area contributed by atoms with Crippen LogP contribution in [0.2, 0.25) is 0 Å². The number of para-hydroxylation sites is 1. The summed E-state index contributed by atoms with van der Waals surface area (Å²) in [6.45, 7) is 0.175. The predicted molar refractivity (Wildman–Crippen MR) is 121 cm³/mol. The van der Waals surface area contributed by atoms with Crippen molar-refractivity contribution in [2.75, 3.05) is 13.2 Å². The number of hydrogen-bond acceptors (Lipinski definition) is 5. The first-order chi connectivity index (χ1) is 16.1. The lowest BCUT2D eigenvalue weighted by molar-refractivity contribution is -0.133. The predicted octanol–water partition coefficient (Wildman–Crippen LogP) is 3.17. The van der Waals surface area contributed by atoms with E-state index in [0.717, 1.165) is 24.0 Å². The van der Waals surface area contributed by atoms with Gasteiger partial charge in [0.05, 0.1) is 6.26 Å². The first-order valence-electron chi connectivity index (χ1n) is 10.8. The van der Waals surface area contributed by atoms with Crippen LogP contribution in [0.3, 0.4) is 0 Å². The molecule has 8 heteroatoms. The molecule has 1 aliphatic heterocycles. The van der Waals surface area contributed by atoms with E-state index in [1.807, 2.05) is 48.5 Å². The lowest BCUT2D eigenvalue weighted by atomic mass is 10.0. The minimum Gasteiger partial charge on any atom is -0.483 e. The van der Waals surface area contributed by atoms with Crippen molar-refractivity contribution < 1.29 is 23.5 Å². The highest BCUT2D eigenvalue weighted by Gasteiger charge is 2.33. The molecule has 0 saturated carbocycles. The summed E-state index contributed by atoms with van der Waals surface area (Å²) in [6, 6.07) is 19.6. The van der Waals surface area contributed by atoms with Gasteiger partial charge in [-0.1, -0.05) is 48.5 Å². The molecule has 0 radical (unpaired) electrons. The van der Waals surface area contributed by atoms with Crippen molar-refractivity contribution in [1.29, 1.82) is 0 Å². The number of benzene rings is 2. The second-order valence-corrected chi connectivity index (χ2v) is 7.68. The van der Waals surface area contributed by atoms with Crippen molar-refractivity contribution in [2.45, 2.75) is 25.3 Å². The summed E-state index contributed by atoms with van der Waals surface area (Å²) in [6.07, 6.45) is 3.54. The van der Waals surface area contributed by atoms with E-state index in [4.69, 9.17) is 9.15 Å². The second kappa shape index (κ2) is 10.5. The first kappa shape index (κ1) is 22.1. The third-order valence-corrected chi connectivity index (χ3v) is 5.45. The number of amides is 3. The van der Waals surface area contributed by atoms with E-state index in [2.05, 4.69) is 10.9 Å². The van der Waals surface area contributed by atoms with Crippen molar-refractivity contribution in [3.05, 3.63) is 78.8 Å².